The zero-order valence-corrected chi connectivity index (χ0v) is 8.79. The maximum Gasteiger partial charge on any atom is 0.231 e. The van der Waals surface area contributed by atoms with Crippen molar-refractivity contribution >= 4 is 5.78 Å². The van der Waals surface area contributed by atoms with Gasteiger partial charge in [0.05, 0.1) is 0 Å². The van der Waals surface area contributed by atoms with E-state index < -0.39 is 0 Å². The second kappa shape index (κ2) is 4.34. The van der Waals surface area contributed by atoms with Crippen molar-refractivity contribution < 1.29 is 14.3 Å². The maximum atomic E-state index is 11.2. The third-order valence-electron chi connectivity index (χ3n) is 2.52. The molecule has 2 rings (SSSR count). The van der Waals surface area contributed by atoms with E-state index in [1.165, 1.54) is 0 Å². The number of hydrogen-bond donors (Lipinski definition) is 0. The Morgan fingerprint density at radius 2 is 2.13 bits per heavy atom. The van der Waals surface area contributed by atoms with Gasteiger partial charge in [0.25, 0.3) is 0 Å². The van der Waals surface area contributed by atoms with Crippen LogP contribution in [0.3, 0.4) is 0 Å². The third-order valence-corrected chi connectivity index (χ3v) is 2.52. The molecule has 0 saturated carbocycles. The first-order chi connectivity index (χ1) is 7.29. The van der Waals surface area contributed by atoms with E-state index in [1.807, 2.05) is 25.1 Å². The third kappa shape index (κ3) is 2.29. The van der Waals surface area contributed by atoms with E-state index in [2.05, 4.69) is 0 Å². The van der Waals surface area contributed by atoms with Crippen molar-refractivity contribution in [1.82, 2.24) is 0 Å². The Labute approximate surface area is 89.0 Å². The Morgan fingerprint density at radius 1 is 1.33 bits per heavy atom. The number of fused-ring (bicyclic) bond motifs is 1. The van der Waals surface area contributed by atoms with Gasteiger partial charge in [-0.2, -0.15) is 0 Å². The first-order valence-electron chi connectivity index (χ1n) is 5.20. The molecule has 0 aromatic heterocycles. The molecule has 0 atom stereocenters. The lowest BCUT2D eigenvalue weighted by molar-refractivity contribution is -0.118. The van der Waals surface area contributed by atoms with Gasteiger partial charge in [-0.05, 0) is 24.1 Å². The summed E-state index contributed by atoms with van der Waals surface area (Å²) < 4.78 is 10.5. The number of carbonyl (C=O) groups excluding carboxylic acids is 1. The molecule has 0 unspecified atom stereocenters. The van der Waals surface area contributed by atoms with E-state index in [4.69, 9.17) is 9.47 Å². The number of benzene rings is 1. The summed E-state index contributed by atoms with van der Waals surface area (Å²) in [6, 6.07) is 5.83. The molecule has 0 radical (unpaired) electrons. The van der Waals surface area contributed by atoms with Crippen LogP contribution in [0.25, 0.3) is 0 Å². The molecule has 1 aromatic rings. The molecule has 80 valence electrons. The Bertz CT molecular complexity index is 371. The number of carbonyl (C=O) groups is 1. The number of aryl methyl sites for hydroxylation is 1. The lowest BCUT2D eigenvalue weighted by Gasteiger charge is -2.01. The van der Waals surface area contributed by atoms with Gasteiger partial charge in [-0.1, -0.05) is 13.0 Å². The first-order valence-corrected chi connectivity index (χ1v) is 5.20. The summed E-state index contributed by atoms with van der Waals surface area (Å²) in [5.74, 6) is 1.88. The fourth-order valence-corrected chi connectivity index (χ4v) is 1.56. The average Bonchev–Trinajstić information content (AvgIpc) is 2.72. The van der Waals surface area contributed by atoms with E-state index in [-0.39, 0.29) is 0 Å². The molecular weight excluding hydrogens is 192 g/mol. The highest BCUT2D eigenvalue weighted by Gasteiger charge is 2.13. The van der Waals surface area contributed by atoms with Gasteiger partial charge in [-0.3, -0.25) is 4.79 Å². The molecule has 0 aliphatic carbocycles. The van der Waals surface area contributed by atoms with Crippen molar-refractivity contribution in [2.24, 2.45) is 0 Å². The second-order valence-corrected chi connectivity index (χ2v) is 3.58. The maximum absolute atomic E-state index is 11.2. The topological polar surface area (TPSA) is 35.5 Å². The van der Waals surface area contributed by atoms with Crippen molar-refractivity contribution in [2.75, 3.05) is 6.79 Å². The summed E-state index contributed by atoms with van der Waals surface area (Å²) in [5, 5.41) is 0. The van der Waals surface area contributed by atoms with Gasteiger partial charge in [0.2, 0.25) is 6.79 Å². The van der Waals surface area contributed by atoms with Crippen LogP contribution >= 0.6 is 0 Å². The molecule has 0 fully saturated rings. The van der Waals surface area contributed by atoms with E-state index >= 15 is 0 Å². The molecule has 0 saturated heterocycles. The summed E-state index contributed by atoms with van der Waals surface area (Å²) in [7, 11) is 0. The molecule has 0 amide bonds. The Morgan fingerprint density at radius 3 is 2.93 bits per heavy atom. The van der Waals surface area contributed by atoms with Crippen LogP contribution in [-0.2, 0) is 11.2 Å². The molecule has 3 heteroatoms. The number of ketones is 1. The molecule has 3 nitrogen and oxygen atoms in total. The first kappa shape index (κ1) is 10.0. The van der Waals surface area contributed by atoms with E-state index in [0.717, 1.165) is 23.5 Å². The van der Waals surface area contributed by atoms with Crippen LogP contribution in [-0.4, -0.2) is 12.6 Å². The molecule has 15 heavy (non-hydrogen) atoms. The van der Waals surface area contributed by atoms with Crippen LogP contribution in [0.4, 0.5) is 0 Å². The van der Waals surface area contributed by atoms with Gasteiger partial charge < -0.3 is 9.47 Å². The van der Waals surface area contributed by atoms with E-state index in [0.29, 0.717) is 25.4 Å². The zero-order chi connectivity index (χ0) is 10.7. The summed E-state index contributed by atoms with van der Waals surface area (Å²) >= 11 is 0. The standard InChI is InChI=1S/C12H14O3/c1-2-10(13)5-3-9-4-6-11-12(7-9)15-8-14-11/h4,6-7H,2-3,5,8H2,1H3. The van der Waals surface area contributed by atoms with E-state index in [1.54, 1.807) is 0 Å². The smallest absolute Gasteiger partial charge is 0.231 e. The van der Waals surface area contributed by atoms with Crippen LogP contribution in [0, 0.1) is 0 Å². The monoisotopic (exact) mass is 206 g/mol. The normalized spacial score (nSPS) is 12.9. The minimum absolute atomic E-state index is 0.298. The van der Waals surface area contributed by atoms with Crippen LogP contribution in [0.2, 0.25) is 0 Å². The second-order valence-electron chi connectivity index (χ2n) is 3.58. The van der Waals surface area contributed by atoms with Gasteiger partial charge in [0.15, 0.2) is 11.5 Å². The molecule has 1 aliphatic heterocycles. The quantitative estimate of drug-likeness (QED) is 0.758. The van der Waals surface area contributed by atoms with Crippen LogP contribution in [0.15, 0.2) is 18.2 Å². The van der Waals surface area contributed by atoms with Crippen LogP contribution in [0.1, 0.15) is 25.3 Å². The number of hydrogen-bond acceptors (Lipinski definition) is 3. The van der Waals surface area contributed by atoms with Gasteiger partial charge in [0.1, 0.15) is 5.78 Å². The molecule has 0 N–H and O–H groups in total. The highest BCUT2D eigenvalue weighted by atomic mass is 16.7. The zero-order valence-electron chi connectivity index (χ0n) is 8.79. The lowest BCUT2D eigenvalue weighted by Crippen LogP contribution is -1.97. The number of ether oxygens (including phenoxy) is 2. The van der Waals surface area contributed by atoms with Crippen LogP contribution in [0.5, 0.6) is 11.5 Å². The number of Topliss-reactive ketones (excluding diaryl/α,β-unsaturated/α-hetero) is 1. The lowest BCUT2D eigenvalue weighted by atomic mass is 10.1. The van der Waals surface area contributed by atoms with Crippen molar-refractivity contribution in [2.45, 2.75) is 26.2 Å². The summed E-state index contributed by atoms with van der Waals surface area (Å²) in [4.78, 5) is 11.2. The highest BCUT2D eigenvalue weighted by molar-refractivity contribution is 5.78. The van der Waals surface area contributed by atoms with Crippen molar-refractivity contribution in [3.8, 4) is 11.5 Å². The van der Waals surface area contributed by atoms with Crippen molar-refractivity contribution in [3.63, 3.8) is 0 Å². The predicted molar refractivity (Wildman–Crippen MR) is 56.2 cm³/mol. The Balaban J connectivity index is 2.01. The minimum atomic E-state index is 0.298. The number of rotatable bonds is 4. The molecule has 0 bridgehead atoms. The highest BCUT2D eigenvalue weighted by Crippen LogP contribution is 2.32. The van der Waals surface area contributed by atoms with Crippen molar-refractivity contribution in [1.29, 1.82) is 0 Å². The van der Waals surface area contributed by atoms with E-state index in [9.17, 15) is 4.79 Å². The molecule has 0 spiro atoms. The Kier molecular flexibility index (Phi) is 2.90. The Hall–Kier alpha value is -1.51. The molecular formula is C12H14O3. The summed E-state index contributed by atoms with van der Waals surface area (Å²) in [5.41, 5.74) is 1.13. The summed E-state index contributed by atoms with van der Waals surface area (Å²) in [6.45, 7) is 2.19. The van der Waals surface area contributed by atoms with Gasteiger partial charge in [-0.15, -0.1) is 0 Å². The average molecular weight is 206 g/mol. The summed E-state index contributed by atoms with van der Waals surface area (Å²) in [6.07, 6.45) is 2.00. The van der Waals surface area contributed by atoms with Gasteiger partial charge >= 0.3 is 0 Å². The largest absolute Gasteiger partial charge is 0.454 e. The van der Waals surface area contributed by atoms with Gasteiger partial charge in [0, 0.05) is 12.8 Å². The molecule has 1 aliphatic rings. The van der Waals surface area contributed by atoms with Gasteiger partial charge in [-0.25, -0.2) is 0 Å². The predicted octanol–water partition coefficient (Wildman–Crippen LogP) is 2.33. The molecule has 1 heterocycles. The minimum Gasteiger partial charge on any atom is -0.454 e. The SMILES string of the molecule is CCC(=O)CCc1ccc2c(c1)OCO2. The fraction of sp³-hybridized carbons (Fsp3) is 0.417. The van der Waals surface area contributed by atoms with Crippen molar-refractivity contribution in [3.05, 3.63) is 23.8 Å². The molecule has 1 aromatic carbocycles. The van der Waals surface area contributed by atoms with Crippen LogP contribution < -0.4 is 9.47 Å². The fourth-order valence-electron chi connectivity index (χ4n) is 1.56.